The lowest BCUT2D eigenvalue weighted by Crippen LogP contribution is -2.37. The first kappa shape index (κ1) is 15.8. The number of hydrogen-bond acceptors (Lipinski definition) is 3. The third-order valence-electron chi connectivity index (χ3n) is 2.79. The van der Waals surface area contributed by atoms with E-state index in [4.69, 9.17) is 0 Å². The van der Waals surface area contributed by atoms with Gasteiger partial charge in [-0.25, -0.2) is 8.78 Å². The van der Waals surface area contributed by atoms with Crippen molar-refractivity contribution in [2.45, 2.75) is 19.9 Å². The molecule has 0 spiro atoms. The molecule has 0 fully saturated rings. The molecule has 1 rings (SSSR count). The molecule has 1 aromatic carbocycles. The zero-order chi connectivity index (χ0) is 14.6. The number of halogens is 2. The number of benzene rings is 1. The van der Waals surface area contributed by atoms with Crippen LogP contribution < -0.4 is 0 Å². The van der Waals surface area contributed by atoms with Crippen molar-refractivity contribution in [2.24, 2.45) is 0 Å². The van der Waals surface area contributed by atoms with Crippen molar-refractivity contribution in [3.63, 3.8) is 0 Å². The van der Waals surface area contributed by atoms with E-state index < -0.39 is 28.9 Å². The van der Waals surface area contributed by atoms with Crippen LogP contribution in [0.1, 0.15) is 24.2 Å². The lowest BCUT2D eigenvalue weighted by molar-refractivity contribution is 0.0749. The fourth-order valence-electron chi connectivity index (χ4n) is 1.55. The average Bonchev–Trinajstić information content (AvgIpc) is 2.33. The van der Waals surface area contributed by atoms with Gasteiger partial charge in [0, 0.05) is 31.0 Å². The van der Waals surface area contributed by atoms with Gasteiger partial charge in [0.2, 0.25) is 0 Å². The topological polar surface area (TPSA) is 40.5 Å². The number of phenolic OH excluding ortho intramolecular Hbond substituents is 1. The maximum atomic E-state index is 13.6. The molecule has 0 saturated heterocycles. The first-order chi connectivity index (χ1) is 8.88. The summed E-state index contributed by atoms with van der Waals surface area (Å²) >= 11 is 1.66. The molecule has 6 heteroatoms. The SMILES string of the molecule is CCSC[C@H](C)N(C)C(=O)c1c(O)cc(F)cc1F. The van der Waals surface area contributed by atoms with Crippen LogP contribution >= 0.6 is 11.8 Å². The van der Waals surface area contributed by atoms with Crippen LogP contribution in [-0.2, 0) is 0 Å². The summed E-state index contributed by atoms with van der Waals surface area (Å²) in [6.45, 7) is 3.84. The summed E-state index contributed by atoms with van der Waals surface area (Å²) in [6, 6.07) is 1.21. The van der Waals surface area contributed by atoms with Crippen molar-refractivity contribution in [3.8, 4) is 5.75 Å². The van der Waals surface area contributed by atoms with Gasteiger partial charge < -0.3 is 10.0 Å². The van der Waals surface area contributed by atoms with Gasteiger partial charge in [-0.15, -0.1) is 0 Å². The van der Waals surface area contributed by atoms with Gasteiger partial charge in [-0.2, -0.15) is 11.8 Å². The van der Waals surface area contributed by atoms with Gasteiger partial charge in [0.05, 0.1) is 0 Å². The molecule has 0 saturated carbocycles. The standard InChI is InChI=1S/C13H17F2NO2S/c1-4-19-7-8(2)16(3)13(18)12-10(15)5-9(14)6-11(12)17/h5-6,8,17H,4,7H2,1-3H3/t8-/m0/s1. The van der Waals surface area contributed by atoms with Crippen LogP contribution in [0.2, 0.25) is 0 Å². The van der Waals surface area contributed by atoms with Crippen LogP contribution in [0.4, 0.5) is 8.78 Å². The molecule has 1 N–H and O–H groups in total. The number of carbonyl (C=O) groups is 1. The Morgan fingerprint density at radius 1 is 1.47 bits per heavy atom. The lowest BCUT2D eigenvalue weighted by Gasteiger charge is -2.25. The lowest BCUT2D eigenvalue weighted by atomic mass is 10.1. The van der Waals surface area contributed by atoms with Crippen LogP contribution in [0.5, 0.6) is 5.75 Å². The molecule has 106 valence electrons. The van der Waals surface area contributed by atoms with Crippen molar-refractivity contribution < 1.29 is 18.7 Å². The van der Waals surface area contributed by atoms with Gasteiger partial charge in [-0.05, 0) is 12.7 Å². The molecular weight excluding hydrogens is 272 g/mol. The fourth-order valence-corrected chi connectivity index (χ4v) is 2.35. The van der Waals surface area contributed by atoms with Crippen LogP contribution in [0.3, 0.4) is 0 Å². The summed E-state index contributed by atoms with van der Waals surface area (Å²) in [5, 5.41) is 9.52. The average molecular weight is 289 g/mol. The van der Waals surface area contributed by atoms with Gasteiger partial charge in [-0.3, -0.25) is 4.79 Å². The number of phenols is 1. The van der Waals surface area contributed by atoms with E-state index in [0.717, 1.165) is 11.8 Å². The van der Waals surface area contributed by atoms with Crippen molar-refractivity contribution in [3.05, 3.63) is 29.3 Å². The molecular formula is C13H17F2NO2S. The third-order valence-corrected chi connectivity index (χ3v) is 3.92. The third kappa shape index (κ3) is 3.83. The van der Waals surface area contributed by atoms with E-state index in [1.54, 1.807) is 11.8 Å². The summed E-state index contributed by atoms with van der Waals surface area (Å²) in [7, 11) is 1.53. The molecule has 0 radical (unpaired) electrons. The van der Waals surface area contributed by atoms with Crippen molar-refractivity contribution in [1.29, 1.82) is 0 Å². The predicted octanol–water partition coefficient (Wildman–Crippen LogP) is 2.88. The number of amides is 1. The number of carbonyl (C=O) groups excluding carboxylic acids is 1. The Bertz CT molecular complexity index is 445. The second-order valence-electron chi connectivity index (χ2n) is 4.21. The van der Waals surface area contributed by atoms with Gasteiger partial charge in [0.25, 0.3) is 5.91 Å². The van der Waals surface area contributed by atoms with Crippen LogP contribution in [0.15, 0.2) is 12.1 Å². The van der Waals surface area contributed by atoms with Gasteiger partial charge in [0.15, 0.2) is 0 Å². The largest absolute Gasteiger partial charge is 0.507 e. The fraction of sp³-hybridized carbons (Fsp3) is 0.462. The Morgan fingerprint density at radius 2 is 2.11 bits per heavy atom. The Balaban J connectivity index is 2.94. The van der Waals surface area contributed by atoms with E-state index >= 15 is 0 Å². The zero-order valence-electron chi connectivity index (χ0n) is 11.1. The minimum atomic E-state index is -1.05. The second-order valence-corrected chi connectivity index (χ2v) is 5.53. The molecule has 19 heavy (non-hydrogen) atoms. The molecule has 0 aliphatic rings. The molecule has 3 nitrogen and oxygen atoms in total. The number of nitrogens with zero attached hydrogens (tertiary/aromatic N) is 1. The van der Waals surface area contributed by atoms with E-state index in [-0.39, 0.29) is 6.04 Å². The number of rotatable bonds is 5. The van der Waals surface area contributed by atoms with Crippen LogP contribution in [0.25, 0.3) is 0 Å². The normalized spacial score (nSPS) is 12.3. The van der Waals surface area contributed by atoms with Crippen molar-refractivity contribution >= 4 is 17.7 Å². The highest BCUT2D eigenvalue weighted by molar-refractivity contribution is 7.99. The first-order valence-corrected chi connectivity index (χ1v) is 7.06. The first-order valence-electron chi connectivity index (χ1n) is 5.91. The minimum Gasteiger partial charge on any atom is -0.507 e. The Labute approximate surface area is 115 Å². The van der Waals surface area contributed by atoms with E-state index in [1.807, 2.05) is 13.8 Å². The number of aromatic hydroxyl groups is 1. The van der Waals surface area contributed by atoms with Crippen molar-refractivity contribution in [1.82, 2.24) is 4.90 Å². The highest BCUT2D eigenvalue weighted by atomic mass is 32.2. The van der Waals surface area contributed by atoms with Crippen molar-refractivity contribution in [2.75, 3.05) is 18.6 Å². The monoisotopic (exact) mass is 289 g/mol. The summed E-state index contributed by atoms with van der Waals surface area (Å²) in [5.41, 5.74) is -0.489. The predicted molar refractivity (Wildman–Crippen MR) is 72.6 cm³/mol. The number of hydrogen-bond donors (Lipinski definition) is 1. The van der Waals surface area contributed by atoms with E-state index in [2.05, 4.69) is 0 Å². The second kappa shape index (κ2) is 6.75. The molecule has 0 aromatic heterocycles. The molecule has 0 bridgehead atoms. The Hall–Kier alpha value is -1.30. The van der Waals surface area contributed by atoms with E-state index in [9.17, 15) is 18.7 Å². The van der Waals surface area contributed by atoms with E-state index in [0.29, 0.717) is 11.8 Å². The Kier molecular flexibility index (Phi) is 5.60. The zero-order valence-corrected chi connectivity index (χ0v) is 11.9. The molecule has 1 aromatic rings. The molecule has 0 aliphatic heterocycles. The molecule has 0 heterocycles. The highest BCUT2D eigenvalue weighted by Crippen LogP contribution is 2.24. The number of thioether (sulfide) groups is 1. The van der Waals surface area contributed by atoms with Gasteiger partial charge in [-0.1, -0.05) is 6.92 Å². The smallest absolute Gasteiger partial charge is 0.260 e. The summed E-state index contributed by atoms with van der Waals surface area (Å²) in [5.74, 6) is -1.66. The highest BCUT2D eigenvalue weighted by Gasteiger charge is 2.24. The minimum absolute atomic E-state index is 0.110. The van der Waals surface area contributed by atoms with Gasteiger partial charge >= 0.3 is 0 Å². The quantitative estimate of drug-likeness (QED) is 0.906. The molecule has 0 unspecified atom stereocenters. The molecule has 1 amide bonds. The maximum absolute atomic E-state index is 13.6. The van der Waals surface area contributed by atoms with Gasteiger partial charge in [0.1, 0.15) is 22.9 Å². The Morgan fingerprint density at radius 3 is 2.63 bits per heavy atom. The van der Waals surface area contributed by atoms with Crippen LogP contribution in [-0.4, -0.2) is 40.5 Å². The summed E-state index contributed by atoms with van der Waals surface area (Å²) < 4.78 is 26.5. The van der Waals surface area contributed by atoms with E-state index in [1.165, 1.54) is 11.9 Å². The van der Waals surface area contributed by atoms with Crippen LogP contribution in [0, 0.1) is 11.6 Å². The summed E-state index contributed by atoms with van der Waals surface area (Å²) in [6.07, 6.45) is 0. The molecule has 0 aliphatic carbocycles. The summed E-state index contributed by atoms with van der Waals surface area (Å²) in [4.78, 5) is 13.4. The molecule has 1 atom stereocenters. The maximum Gasteiger partial charge on any atom is 0.260 e.